The summed E-state index contributed by atoms with van der Waals surface area (Å²) in [6.45, 7) is 8.25. The second-order valence-corrected chi connectivity index (χ2v) is 7.17. The Balaban J connectivity index is 2.28. The molecule has 0 saturated heterocycles. The summed E-state index contributed by atoms with van der Waals surface area (Å²) in [6, 6.07) is 4.93. The Labute approximate surface area is 152 Å². The Bertz CT molecular complexity index is 899. The zero-order chi connectivity index (χ0) is 18.8. The highest BCUT2D eigenvalue weighted by Crippen LogP contribution is 2.16. The summed E-state index contributed by atoms with van der Waals surface area (Å²) in [4.78, 5) is 27.9. The minimum absolute atomic E-state index is 0.0512. The van der Waals surface area contributed by atoms with E-state index in [1.807, 2.05) is 27.7 Å². The Kier molecular flexibility index (Phi) is 5.80. The molecule has 6 nitrogen and oxygen atoms in total. The highest BCUT2D eigenvalue weighted by atomic mass is 32.1. The van der Waals surface area contributed by atoms with Crippen molar-refractivity contribution in [2.45, 2.75) is 52.3 Å². The van der Waals surface area contributed by atoms with Gasteiger partial charge in [0.15, 0.2) is 4.77 Å². The van der Waals surface area contributed by atoms with E-state index >= 15 is 0 Å². The number of nitrogens with one attached hydrogen (secondary N) is 2. The molecule has 1 aromatic heterocycles. The lowest BCUT2D eigenvalue weighted by Crippen LogP contribution is -2.39. The second kappa shape index (κ2) is 7.49. The average Bonchev–Trinajstić information content (AvgIpc) is 2.54. The maximum atomic E-state index is 12.5. The lowest BCUT2D eigenvalue weighted by molar-refractivity contribution is 0.00885. The normalized spacial score (nSPS) is 13.0. The molecule has 1 amide bonds. The molecule has 0 saturated carbocycles. The van der Waals surface area contributed by atoms with Crippen molar-refractivity contribution in [3.63, 3.8) is 0 Å². The fourth-order valence-corrected chi connectivity index (χ4v) is 3.18. The van der Waals surface area contributed by atoms with E-state index in [9.17, 15) is 9.59 Å². The van der Waals surface area contributed by atoms with E-state index in [2.05, 4.69) is 10.3 Å². The molecule has 136 valence electrons. The number of carbonyl (C=O) groups is 1. The molecule has 0 aliphatic rings. The lowest BCUT2D eigenvalue weighted by Gasteiger charge is -2.27. The monoisotopic (exact) mass is 363 g/mol. The highest BCUT2D eigenvalue weighted by molar-refractivity contribution is 7.71. The van der Waals surface area contributed by atoms with Gasteiger partial charge in [-0.05, 0) is 64.5 Å². The first kappa shape index (κ1) is 19.3. The van der Waals surface area contributed by atoms with E-state index in [-0.39, 0.29) is 23.1 Å². The molecule has 0 unspecified atom stereocenters. The number of amides is 1. The number of H-pyrrole nitrogens is 1. The molecule has 0 fully saturated rings. The highest BCUT2D eigenvalue weighted by Gasteiger charge is 2.21. The molecular weight excluding hydrogens is 338 g/mol. The summed E-state index contributed by atoms with van der Waals surface area (Å²) in [7, 11) is 1.66. The molecular formula is C18H25N3O3S. The van der Waals surface area contributed by atoms with Crippen molar-refractivity contribution in [3.05, 3.63) is 38.9 Å². The summed E-state index contributed by atoms with van der Waals surface area (Å²) < 4.78 is 7.24. The van der Waals surface area contributed by atoms with Crippen molar-refractivity contribution >= 4 is 29.0 Å². The summed E-state index contributed by atoms with van der Waals surface area (Å²) in [6.07, 6.45) is 0.687. The number of carbonyl (C=O) groups excluding carboxylic acids is 1. The van der Waals surface area contributed by atoms with Gasteiger partial charge in [-0.15, -0.1) is 0 Å². The molecule has 2 rings (SSSR count). The molecule has 2 aromatic rings. The number of hydrogen-bond donors (Lipinski definition) is 2. The number of nitrogens with zero attached hydrogens (tertiary/aromatic N) is 1. The van der Waals surface area contributed by atoms with Gasteiger partial charge in [0.2, 0.25) is 0 Å². The molecule has 0 spiro atoms. The van der Waals surface area contributed by atoms with Crippen LogP contribution in [0.25, 0.3) is 10.9 Å². The van der Waals surface area contributed by atoms with Crippen LogP contribution in [0.2, 0.25) is 0 Å². The topological polar surface area (TPSA) is 76.1 Å². The second-order valence-electron chi connectivity index (χ2n) is 6.78. The Morgan fingerprint density at radius 1 is 1.44 bits per heavy atom. The zero-order valence-corrected chi connectivity index (χ0v) is 16.1. The first-order valence-corrected chi connectivity index (χ1v) is 8.72. The van der Waals surface area contributed by atoms with Crippen molar-refractivity contribution < 1.29 is 9.53 Å². The first-order chi connectivity index (χ1) is 11.7. The molecule has 1 atom stereocenters. The number of methoxy groups -OCH3 is 1. The molecule has 1 aromatic carbocycles. The average molecular weight is 363 g/mol. The third-order valence-electron chi connectivity index (χ3n) is 4.29. The minimum Gasteiger partial charge on any atom is -0.379 e. The standard InChI is InChI=1S/C18H25N3O3S/c1-6-21-16(23)13-8-7-12(9-14(13)20-17(21)25)15(22)19-11(2)10-18(3,4)24-5/h7-9,11H,6,10H2,1-5H3,(H,19,22)(H,20,25)/t11-/m1/s1. The predicted molar refractivity (Wildman–Crippen MR) is 102 cm³/mol. The van der Waals surface area contributed by atoms with Crippen molar-refractivity contribution in [1.29, 1.82) is 0 Å². The summed E-state index contributed by atoms with van der Waals surface area (Å²) >= 11 is 5.21. The molecule has 7 heteroatoms. The molecule has 0 aliphatic carbocycles. The molecule has 0 aliphatic heterocycles. The van der Waals surface area contributed by atoms with Gasteiger partial charge in [0.05, 0.1) is 16.5 Å². The van der Waals surface area contributed by atoms with E-state index in [0.717, 1.165) is 0 Å². The molecule has 0 radical (unpaired) electrons. The third kappa shape index (κ3) is 4.35. The van der Waals surface area contributed by atoms with Crippen LogP contribution < -0.4 is 10.9 Å². The van der Waals surface area contributed by atoms with Crippen molar-refractivity contribution in [2.24, 2.45) is 0 Å². The summed E-state index contributed by atoms with van der Waals surface area (Å²) in [5, 5.41) is 3.48. The Hall–Kier alpha value is -1.99. The third-order valence-corrected chi connectivity index (χ3v) is 4.61. The number of hydrogen-bond acceptors (Lipinski definition) is 4. The smallest absolute Gasteiger partial charge is 0.262 e. The maximum absolute atomic E-state index is 12.5. The lowest BCUT2D eigenvalue weighted by atomic mass is 9.99. The van der Waals surface area contributed by atoms with Crippen LogP contribution in [0.4, 0.5) is 0 Å². The quantitative estimate of drug-likeness (QED) is 0.774. The maximum Gasteiger partial charge on any atom is 0.262 e. The Morgan fingerprint density at radius 3 is 2.72 bits per heavy atom. The van der Waals surface area contributed by atoms with Crippen molar-refractivity contribution in [1.82, 2.24) is 14.9 Å². The van der Waals surface area contributed by atoms with Gasteiger partial charge in [-0.2, -0.15) is 0 Å². The number of aromatic nitrogens is 2. The number of fused-ring (bicyclic) bond motifs is 1. The van der Waals surface area contributed by atoms with E-state index in [4.69, 9.17) is 17.0 Å². The van der Waals surface area contributed by atoms with Crippen LogP contribution >= 0.6 is 12.2 Å². The summed E-state index contributed by atoms with van der Waals surface area (Å²) in [5.74, 6) is -0.194. The van der Waals surface area contributed by atoms with Crippen LogP contribution in [-0.4, -0.2) is 34.2 Å². The van der Waals surface area contributed by atoms with Gasteiger partial charge >= 0.3 is 0 Å². The number of benzene rings is 1. The van der Waals surface area contributed by atoms with E-state index in [1.165, 1.54) is 4.57 Å². The van der Waals surface area contributed by atoms with Gasteiger partial charge in [-0.3, -0.25) is 14.2 Å². The fraction of sp³-hybridized carbons (Fsp3) is 0.500. The SMILES string of the molecule is CCn1c(=S)[nH]c2cc(C(=O)N[C@H](C)CC(C)(C)OC)ccc2c1=O. The zero-order valence-electron chi connectivity index (χ0n) is 15.3. The molecule has 25 heavy (non-hydrogen) atoms. The van der Waals surface area contributed by atoms with Crippen LogP contribution in [0.3, 0.4) is 0 Å². The van der Waals surface area contributed by atoms with Gasteiger partial charge in [-0.25, -0.2) is 0 Å². The van der Waals surface area contributed by atoms with Crippen molar-refractivity contribution in [2.75, 3.05) is 7.11 Å². The predicted octanol–water partition coefficient (Wildman–Crippen LogP) is 3.01. The van der Waals surface area contributed by atoms with Crippen LogP contribution in [0.15, 0.2) is 23.0 Å². The van der Waals surface area contributed by atoms with Crippen LogP contribution in [-0.2, 0) is 11.3 Å². The van der Waals surface area contributed by atoms with E-state index in [0.29, 0.717) is 34.2 Å². The van der Waals surface area contributed by atoms with Crippen LogP contribution in [0.5, 0.6) is 0 Å². The van der Waals surface area contributed by atoms with Gasteiger partial charge in [0, 0.05) is 25.3 Å². The fourth-order valence-electron chi connectivity index (χ4n) is 2.86. The Morgan fingerprint density at radius 2 is 2.12 bits per heavy atom. The molecule has 2 N–H and O–H groups in total. The summed E-state index contributed by atoms with van der Waals surface area (Å²) in [5.41, 5.74) is 0.585. The van der Waals surface area contributed by atoms with Gasteiger partial charge in [0.1, 0.15) is 0 Å². The molecule has 0 bridgehead atoms. The van der Waals surface area contributed by atoms with Crippen LogP contribution in [0.1, 0.15) is 44.5 Å². The van der Waals surface area contributed by atoms with Gasteiger partial charge in [0.25, 0.3) is 11.5 Å². The van der Waals surface area contributed by atoms with Crippen molar-refractivity contribution in [3.8, 4) is 0 Å². The largest absolute Gasteiger partial charge is 0.379 e. The van der Waals surface area contributed by atoms with Crippen LogP contribution in [0, 0.1) is 4.77 Å². The van der Waals surface area contributed by atoms with Gasteiger partial charge in [-0.1, -0.05) is 0 Å². The van der Waals surface area contributed by atoms with E-state index in [1.54, 1.807) is 25.3 Å². The van der Waals surface area contributed by atoms with Gasteiger partial charge < -0.3 is 15.0 Å². The number of rotatable bonds is 6. The minimum atomic E-state index is -0.313. The number of ether oxygens (including phenoxy) is 1. The molecule has 1 heterocycles. The number of aromatic amines is 1. The first-order valence-electron chi connectivity index (χ1n) is 8.31. The van der Waals surface area contributed by atoms with E-state index < -0.39 is 0 Å².